The summed E-state index contributed by atoms with van der Waals surface area (Å²) in [6.07, 6.45) is 1.94. The highest BCUT2D eigenvalue weighted by Gasteiger charge is 2.31. The number of nitrogens with zero attached hydrogens (tertiary/aromatic N) is 2. The number of rotatable bonds is 4. The Balaban J connectivity index is 1.78. The molecule has 4 rings (SSSR count). The summed E-state index contributed by atoms with van der Waals surface area (Å²) in [6.45, 7) is 0. The Morgan fingerprint density at radius 3 is 2.78 bits per heavy atom. The van der Waals surface area contributed by atoms with E-state index in [1.165, 1.54) is 7.11 Å². The van der Waals surface area contributed by atoms with Gasteiger partial charge in [0.05, 0.1) is 25.6 Å². The van der Waals surface area contributed by atoms with Crippen molar-refractivity contribution in [2.24, 2.45) is 0 Å². The number of anilines is 1. The average molecular weight is 365 g/mol. The molecule has 138 valence electrons. The van der Waals surface area contributed by atoms with Crippen LogP contribution in [-0.2, 0) is 4.79 Å². The summed E-state index contributed by atoms with van der Waals surface area (Å²) < 4.78 is 12.2. The maximum Gasteiger partial charge on any atom is 0.226 e. The fraction of sp³-hybridized carbons (Fsp3) is 0.200. The number of aromatic hydroxyl groups is 1. The van der Waals surface area contributed by atoms with E-state index in [9.17, 15) is 9.90 Å². The van der Waals surface area contributed by atoms with Crippen LogP contribution in [0.15, 0.2) is 48.8 Å². The predicted molar refractivity (Wildman–Crippen MR) is 99.9 cm³/mol. The van der Waals surface area contributed by atoms with Crippen molar-refractivity contribution in [2.75, 3.05) is 19.5 Å². The smallest absolute Gasteiger partial charge is 0.226 e. The minimum Gasteiger partial charge on any atom is -0.504 e. The largest absolute Gasteiger partial charge is 0.504 e. The Morgan fingerprint density at radius 1 is 1.19 bits per heavy atom. The van der Waals surface area contributed by atoms with E-state index >= 15 is 0 Å². The van der Waals surface area contributed by atoms with Gasteiger partial charge in [0.2, 0.25) is 5.91 Å². The number of phenolic OH excluding ortho intramolecular Hbond substituents is 1. The molecular formula is C20H19N3O4. The lowest BCUT2D eigenvalue weighted by Crippen LogP contribution is -2.24. The standard InChI is InChI=1S/C20H19N3O4/c1-26-14-5-3-4-13(9-14)23-11-21-19-15(10-18(25)22-20(19)23)12-6-7-17(27-2)16(24)8-12/h3-9,11,15,24H,10H2,1-2H3,(H,22,25). The van der Waals surface area contributed by atoms with E-state index in [2.05, 4.69) is 10.3 Å². The fourth-order valence-electron chi connectivity index (χ4n) is 3.36. The highest BCUT2D eigenvalue weighted by molar-refractivity contribution is 5.94. The Kier molecular flexibility index (Phi) is 4.19. The number of carbonyl (C=O) groups is 1. The Morgan fingerprint density at radius 2 is 2.04 bits per heavy atom. The van der Waals surface area contributed by atoms with Gasteiger partial charge in [0.15, 0.2) is 11.5 Å². The number of carbonyl (C=O) groups excluding carboxylic acids is 1. The monoisotopic (exact) mass is 365 g/mol. The number of fused-ring (bicyclic) bond motifs is 1. The number of hydrogen-bond acceptors (Lipinski definition) is 5. The van der Waals surface area contributed by atoms with Gasteiger partial charge < -0.3 is 19.9 Å². The van der Waals surface area contributed by atoms with Gasteiger partial charge in [-0.2, -0.15) is 0 Å². The first-order valence-electron chi connectivity index (χ1n) is 8.49. The molecule has 7 heteroatoms. The van der Waals surface area contributed by atoms with Crippen LogP contribution < -0.4 is 14.8 Å². The molecule has 2 heterocycles. The second-order valence-electron chi connectivity index (χ2n) is 6.29. The molecule has 0 bridgehead atoms. The van der Waals surface area contributed by atoms with Crippen molar-refractivity contribution in [2.45, 2.75) is 12.3 Å². The van der Waals surface area contributed by atoms with E-state index in [0.29, 0.717) is 17.3 Å². The van der Waals surface area contributed by atoms with Gasteiger partial charge in [0.1, 0.15) is 17.9 Å². The predicted octanol–water partition coefficient (Wildman–Crippen LogP) is 3.07. The third-order valence-electron chi connectivity index (χ3n) is 4.71. The third kappa shape index (κ3) is 2.97. The Labute approximate surface area is 156 Å². The van der Waals surface area contributed by atoms with Crippen molar-refractivity contribution in [3.8, 4) is 22.9 Å². The van der Waals surface area contributed by atoms with Crippen molar-refractivity contribution < 1.29 is 19.4 Å². The summed E-state index contributed by atoms with van der Waals surface area (Å²) in [4.78, 5) is 16.9. The highest BCUT2D eigenvalue weighted by atomic mass is 16.5. The molecule has 0 saturated heterocycles. The number of hydrogen-bond donors (Lipinski definition) is 2. The first-order valence-corrected chi connectivity index (χ1v) is 8.49. The fourth-order valence-corrected chi connectivity index (χ4v) is 3.36. The summed E-state index contributed by atoms with van der Waals surface area (Å²) in [6, 6.07) is 12.7. The van der Waals surface area contributed by atoms with Gasteiger partial charge in [-0.3, -0.25) is 9.36 Å². The van der Waals surface area contributed by atoms with Crippen LogP contribution >= 0.6 is 0 Å². The summed E-state index contributed by atoms with van der Waals surface area (Å²) in [5.41, 5.74) is 2.39. The number of benzene rings is 2. The van der Waals surface area contributed by atoms with Crippen LogP contribution in [0.3, 0.4) is 0 Å². The molecule has 1 atom stereocenters. The summed E-state index contributed by atoms with van der Waals surface area (Å²) in [7, 11) is 3.10. The minimum absolute atomic E-state index is 0.0368. The van der Waals surface area contributed by atoms with Gasteiger partial charge >= 0.3 is 0 Å². The molecule has 0 radical (unpaired) electrons. The molecule has 7 nitrogen and oxygen atoms in total. The zero-order chi connectivity index (χ0) is 19.0. The summed E-state index contributed by atoms with van der Waals surface area (Å²) in [5, 5.41) is 13.0. The summed E-state index contributed by atoms with van der Waals surface area (Å²) in [5.74, 6) is 1.41. The average Bonchev–Trinajstić information content (AvgIpc) is 3.11. The Bertz CT molecular complexity index is 1010. The van der Waals surface area contributed by atoms with Crippen LogP contribution in [0.2, 0.25) is 0 Å². The van der Waals surface area contributed by atoms with Gasteiger partial charge in [-0.25, -0.2) is 4.98 Å². The van der Waals surface area contributed by atoms with Crippen LogP contribution in [0.4, 0.5) is 5.82 Å². The Hall–Kier alpha value is -3.48. The number of aromatic nitrogens is 2. The van der Waals surface area contributed by atoms with E-state index < -0.39 is 0 Å². The zero-order valence-electron chi connectivity index (χ0n) is 15.0. The molecule has 3 aromatic rings. The lowest BCUT2D eigenvalue weighted by atomic mass is 9.89. The van der Waals surface area contributed by atoms with Crippen LogP contribution in [0, 0.1) is 0 Å². The van der Waals surface area contributed by atoms with Crippen molar-refractivity contribution >= 4 is 11.7 Å². The van der Waals surface area contributed by atoms with Crippen molar-refractivity contribution in [1.82, 2.24) is 9.55 Å². The molecular weight excluding hydrogens is 346 g/mol. The van der Waals surface area contributed by atoms with Gasteiger partial charge in [-0.05, 0) is 29.8 Å². The maximum atomic E-state index is 12.4. The number of ether oxygens (including phenoxy) is 2. The quantitative estimate of drug-likeness (QED) is 0.742. The van der Waals surface area contributed by atoms with Gasteiger partial charge in [0, 0.05) is 18.4 Å². The van der Waals surface area contributed by atoms with Crippen molar-refractivity contribution in [3.05, 3.63) is 60.0 Å². The molecule has 2 N–H and O–H groups in total. The lowest BCUT2D eigenvalue weighted by molar-refractivity contribution is -0.116. The van der Waals surface area contributed by atoms with E-state index in [0.717, 1.165) is 16.9 Å². The SMILES string of the molecule is COc1cccc(-n2cnc3c2NC(=O)CC3c2ccc(OC)c(O)c2)c1. The summed E-state index contributed by atoms with van der Waals surface area (Å²) >= 11 is 0. The second-order valence-corrected chi connectivity index (χ2v) is 6.29. The molecule has 27 heavy (non-hydrogen) atoms. The van der Waals surface area contributed by atoms with Gasteiger partial charge in [0.25, 0.3) is 0 Å². The molecule has 0 spiro atoms. The second kappa shape index (κ2) is 6.68. The topological polar surface area (TPSA) is 85.6 Å². The molecule has 2 aromatic carbocycles. The lowest BCUT2D eigenvalue weighted by Gasteiger charge is -2.23. The minimum atomic E-state index is -0.252. The highest BCUT2D eigenvalue weighted by Crippen LogP contribution is 2.40. The maximum absolute atomic E-state index is 12.4. The van der Waals surface area contributed by atoms with Crippen molar-refractivity contribution in [1.29, 1.82) is 0 Å². The zero-order valence-corrected chi connectivity index (χ0v) is 15.0. The van der Waals surface area contributed by atoms with Crippen LogP contribution in [-0.4, -0.2) is 34.8 Å². The molecule has 0 saturated carbocycles. The van der Waals surface area contributed by atoms with Crippen LogP contribution in [0.1, 0.15) is 23.6 Å². The van der Waals surface area contributed by atoms with Gasteiger partial charge in [-0.15, -0.1) is 0 Å². The number of methoxy groups -OCH3 is 2. The van der Waals surface area contributed by atoms with Crippen molar-refractivity contribution in [3.63, 3.8) is 0 Å². The van der Waals surface area contributed by atoms with E-state index in [4.69, 9.17) is 9.47 Å². The molecule has 1 aliphatic rings. The normalized spacial score (nSPS) is 15.8. The van der Waals surface area contributed by atoms with E-state index in [1.807, 2.05) is 34.9 Å². The molecule has 1 aromatic heterocycles. The number of phenols is 1. The number of amides is 1. The molecule has 1 aliphatic heterocycles. The number of imidazole rings is 1. The van der Waals surface area contributed by atoms with E-state index in [1.54, 1.807) is 25.6 Å². The first kappa shape index (κ1) is 17.0. The molecule has 0 aliphatic carbocycles. The van der Waals surface area contributed by atoms with Crippen LogP contribution in [0.5, 0.6) is 17.2 Å². The van der Waals surface area contributed by atoms with Gasteiger partial charge in [-0.1, -0.05) is 12.1 Å². The molecule has 0 fully saturated rings. The van der Waals surface area contributed by atoms with E-state index in [-0.39, 0.29) is 24.0 Å². The number of nitrogens with one attached hydrogen (secondary N) is 1. The molecule has 1 amide bonds. The first-order chi connectivity index (χ1) is 13.1. The third-order valence-corrected chi connectivity index (χ3v) is 4.71. The molecule has 1 unspecified atom stereocenters. The van der Waals surface area contributed by atoms with Crippen LogP contribution in [0.25, 0.3) is 5.69 Å².